The van der Waals surface area contributed by atoms with Gasteiger partial charge in [-0.3, -0.25) is 9.59 Å². The molecule has 3 rings (SSSR count). The van der Waals surface area contributed by atoms with Crippen LogP contribution in [-0.4, -0.2) is 17.9 Å². The lowest BCUT2D eigenvalue weighted by atomic mass is 10.1. The normalized spacial score (nSPS) is 13.5. The average Bonchev–Trinajstić information content (AvgIpc) is 3.34. The van der Waals surface area contributed by atoms with Gasteiger partial charge in [-0.2, -0.15) is 0 Å². The Balaban J connectivity index is 1.75. The lowest BCUT2D eigenvalue weighted by Crippen LogP contribution is -2.25. The average molecular weight is 316 g/mol. The van der Waals surface area contributed by atoms with E-state index in [4.69, 9.17) is 0 Å². The highest BCUT2D eigenvalue weighted by Gasteiger charge is 2.24. The fraction of sp³-hybridized carbons (Fsp3) is 0.176. The summed E-state index contributed by atoms with van der Waals surface area (Å²) in [5, 5.41) is 5.19. The molecule has 118 valence electrons. The number of carbonyl (C=O) groups excluding carboxylic acids is 2. The molecule has 2 aromatic rings. The van der Waals surface area contributed by atoms with Crippen LogP contribution in [0.5, 0.6) is 0 Å². The van der Waals surface area contributed by atoms with Crippen molar-refractivity contribution in [2.24, 2.45) is 0 Å². The van der Waals surface area contributed by atoms with Crippen LogP contribution in [0.3, 0.4) is 0 Å². The van der Waals surface area contributed by atoms with Crippen molar-refractivity contribution in [3.05, 3.63) is 65.2 Å². The molecular weight excluding hydrogens is 302 g/mol. The molecule has 2 aromatic carbocycles. The molecule has 0 atom stereocenters. The van der Waals surface area contributed by atoms with Gasteiger partial charge in [0.2, 0.25) is 0 Å². The van der Waals surface area contributed by atoms with Crippen LogP contribution in [-0.2, 0) is 0 Å². The molecular formula is C17H14F2N2O2. The highest BCUT2D eigenvalue weighted by Crippen LogP contribution is 2.20. The number of hydrogen-bond acceptors (Lipinski definition) is 2. The van der Waals surface area contributed by atoms with Crippen molar-refractivity contribution in [1.82, 2.24) is 5.32 Å². The molecule has 1 aliphatic rings. The van der Waals surface area contributed by atoms with Gasteiger partial charge in [0.25, 0.3) is 11.8 Å². The zero-order valence-electron chi connectivity index (χ0n) is 12.1. The molecule has 6 heteroatoms. The summed E-state index contributed by atoms with van der Waals surface area (Å²) >= 11 is 0. The predicted molar refractivity (Wildman–Crippen MR) is 81.2 cm³/mol. The summed E-state index contributed by atoms with van der Waals surface area (Å²) in [6.45, 7) is 0. The van der Waals surface area contributed by atoms with Crippen LogP contribution in [0.1, 0.15) is 33.6 Å². The SMILES string of the molecule is O=C(Nc1ccc(F)cc1F)c1cccc(C(=O)NC2CC2)c1. The Hall–Kier alpha value is -2.76. The second-order valence-electron chi connectivity index (χ2n) is 5.41. The van der Waals surface area contributed by atoms with Gasteiger partial charge < -0.3 is 10.6 Å². The van der Waals surface area contributed by atoms with E-state index in [-0.39, 0.29) is 23.2 Å². The molecule has 2 amide bonds. The number of anilines is 1. The maximum atomic E-state index is 13.6. The highest BCUT2D eigenvalue weighted by molar-refractivity contribution is 6.06. The first-order valence-corrected chi connectivity index (χ1v) is 7.20. The third-order valence-electron chi connectivity index (χ3n) is 3.48. The maximum Gasteiger partial charge on any atom is 0.255 e. The second kappa shape index (κ2) is 6.16. The summed E-state index contributed by atoms with van der Waals surface area (Å²) in [4.78, 5) is 24.1. The summed E-state index contributed by atoms with van der Waals surface area (Å²) in [5.41, 5.74) is 0.463. The van der Waals surface area contributed by atoms with E-state index in [2.05, 4.69) is 10.6 Å². The second-order valence-corrected chi connectivity index (χ2v) is 5.41. The Labute approximate surface area is 131 Å². The van der Waals surface area contributed by atoms with Gasteiger partial charge in [-0.25, -0.2) is 8.78 Å². The van der Waals surface area contributed by atoms with Crippen molar-refractivity contribution in [3.63, 3.8) is 0 Å². The van der Waals surface area contributed by atoms with Gasteiger partial charge in [0, 0.05) is 23.2 Å². The molecule has 0 unspecified atom stereocenters. The van der Waals surface area contributed by atoms with Crippen molar-refractivity contribution < 1.29 is 18.4 Å². The van der Waals surface area contributed by atoms with Crippen molar-refractivity contribution in [2.75, 3.05) is 5.32 Å². The largest absolute Gasteiger partial charge is 0.349 e. The smallest absolute Gasteiger partial charge is 0.255 e. The van der Waals surface area contributed by atoms with E-state index >= 15 is 0 Å². The molecule has 1 saturated carbocycles. The van der Waals surface area contributed by atoms with E-state index in [0.29, 0.717) is 11.6 Å². The molecule has 0 bridgehead atoms. The lowest BCUT2D eigenvalue weighted by molar-refractivity contribution is 0.0951. The topological polar surface area (TPSA) is 58.2 Å². The Bertz CT molecular complexity index is 773. The van der Waals surface area contributed by atoms with E-state index in [1.807, 2.05) is 0 Å². The molecule has 1 fully saturated rings. The van der Waals surface area contributed by atoms with Crippen molar-refractivity contribution in [3.8, 4) is 0 Å². The Morgan fingerprint density at radius 1 is 0.957 bits per heavy atom. The van der Waals surface area contributed by atoms with Gasteiger partial charge in [0.15, 0.2) is 0 Å². The molecule has 0 heterocycles. The third-order valence-corrected chi connectivity index (χ3v) is 3.48. The Morgan fingerprint density at radius 2 is 1.65 bits per heavy atom. The molecule has 1 aliphatic carbocycles. The first kappa shape index (κ1) is 15.1. The molecule has 2 N–H and O–H groups in total. The molecule has 0 aliphatic heterocycles. The standard InChI is InChI=1S/C17H14F2N2O2/c18-12-4-7-15(14(19)9-12)21-17(23)11-3-1-2-10(8-11)16(22)20-13-5-6-13/h1-4,7-9,13H,5-6H2,(H,20,22)(H,21,23). The molecule has 0 radical (unpaired) electrons. The van der Waals surface area contributed by atoms with Gasteiger partial charge in [-0.15, -0.1) is 0 Å². The number of hydrogen-bond donors (Lipinski definition) is 2. The third kappa shape index (κ3) is 3.71. The predicted octanol–water partition coefficient (Wildman–Crippen LogP) is 3.11. The summed E-state index contributed by atoms with van der Waals surface area (Å²) in [6.07, 6.45) is 1.94. The number of rotatable bonds is 4. The number of benzene rings is 2. The molecule has 4 nitrogen and oxygen atoms in total. The summed E-state index contributed by atoms with van der Waals surface area (Å²) in [5.74, 6) is -2.40. The molecule has 0 aromatic heterocycles. The van der Waals surface area contributed by atoms with Crippen LogP contribution in [0.4, 0.5) is 14.5 Å². The Kier molecular flexibility index (Phi) is 4.06. The highest BCUT2D eigenvalue weighted by atomic mass is 19.1. The van der Waals surface area contributed by atoms with Crippen LogP contribution in [0.25, 0.3) is 0 Å². The van der Waals surface area contributed by atoms with E-state index in [0.717, 1.165) is 25.0 Å². The van der Waals surface area contributed by atoms with E-state index in [1.165, 1.54) is 12.1 Å². The van der Waals surface area contributed by atoms with E-state index < -0.39 is 17.5 Å². The molecule has 23 heavy (non-hydrogen) atoms. The summed E-state index contributed by atoms with van der Waals surface area (Å²) in [6, 6.07) is 9.25. The van der Waals surface area contributed by atoms with Crippen LogP contribution in [0.15, 0.2) is 42.5 Å². The molecule has 0 saturated heterocycles. The number of carbonyl (C=O) groups is 2. The van der Waals surface area contributed by atoms with Crippen molar-refractivity contribution in [2.45, 2.75) is 18.9 Å². The summed E-state index contributed by atoms with van der Waals surface area (Å²) in [7, 11) is 0. The van der Waals surface area contributed by atoms with Crippen molar-refractivity contribution >= 4 is 17.5 Å². The fourth-order valence-corrected chi connectivity index (χ4v) is 2.08. The quantitative estimate of drug-likeness (QED) is 0.910. The van der Waals surface area contributed by atoms with E-state index in [9.17, 15) is 18.4 Å². The number of amides is 2. The number of nitrogens with one attached hydrogen (secondary N) is 2. The summed E-state index contributed by atoms with van der Waals surface area (Å²) < 4.78 is 26.4. The van der Waals surface area contributed by atoms with Crippen LogP contribution in [0.2, 0.25) is 0 Å². The van der Waals surface area contributed by atoms with Gasteiger partial charge in [-0.05, 0) is 43.2 Å². The maximum absolute atomic E-state index is 13.6. The Morgan fingerprint density at radius 3 is 2.30 bits per heavy atom. The minimum Gasteiger partial charge on any atom is -0.349 e. The lowest BCUT2D eigenvalue weighted by Gasteiger charge is -2.08. The minimum atomic E-state index is -0.860. The van der Waals surface area contributed by atoms with Gasteiger partial charge in [0.1, 0.15) is 11.6 Å². The monoisotopic (exact) mass is 316 g/mol. The minimum absolute atomic E-state index is 0.121. The zero-order valence-corrected chi connectivity index (χ0v) is 12.1. The van der Waals surface area contributed by atoms with Gasteiger partial charge in [-0.1, -0.05) is 6.07 Å². The van der Waals surface area contributed by atoms with Crippen LogP contribution < -0.4 is 10.6 Å². The van der Waals surface area contributed by atoms with Gasteiger partial charge in [0.05, 0.1) is 5.69 Å². The number of halogens is 2. The van der Waals surface area contributed by atoms with E-state index in [1.54, 1.807) is 12.1 Å². The first-order valence-electron chi connectivity index (χ1n) is 7.20. The van der Waals surface area contributed by atoms with Crippen molar-refractivity contribution in [1.29, 1.82) is 0 Å². The van der Waals surface area contributed by atoms with Crippen LogP contribution in [0, 0.1) is 11.6 Å². The fourth-order valence-electron chi connectivity index (χ4n) is 2.08. The first-order chi connectivity index (χ1) is 11.0. The molecule has 0 spiro atoms. The van der Waals surface area contributed by atoms with Crippen LogP contribution >= 0.6 is 0 Å². The zero-order chi connectivity index (χ0) is 16.4. The van der Waals surface area contributed by atoms with Gasteiger partial charge >= 0.3 is 0 Å².